The Kier molecular flexibility index (Phi) is 4.37. The van der Waals surface area contributed by atoms with E-state index in [1.807, 2.05) is 38.1 Å². The Balaban J connectivity index is 1.61. The van der Waals surface area contributed by atoms with Crippen LogP contribution in [0.1, 0.15) is 34.5 Å². The number of carbonyl (C=O) groups excluding carboxylic acids is 2. The number of nitrogens with one attached hydrogen (secondary N) is 2. The van der Waals surface area contributed by atoms with Gasteiger partial charge in [-0.3, -0.25) is 14.7 Å². The predicted octanol–water partition coefficient (Wildman–Crippen LogP) is 3.18. The van der Waals surface area contributed by atoms with E-state index >= 15 is 0 Å². The standard InChI is InChI=1S/C18H18N4O2/c1-11-3-6-13(7-4-11)15(23)9-10-16(24)20-18-14-8-5-12(2)19-17(14)21-22-18/h3-8H,9-10H2,1-2H3,(H2,19,20,21,22,24). The molecule has 0 bridgehead atoms. The molecule has 24 heavy (non-hydrogen) atoms. The van der Waals surface area contributed by atoms with Crippen LogP contribution in [0.2, 0.25) is 0 Å². The molecule has 1 amide bonds. The number of aromatic nitrogens is 3. The Labute approximate surface area is 139 Å². The van der Waals surface area contributed by atoms with Gasteiger partial charge in [-0.2, -0.15) is 5.10 Å². The Morgan fingerprint density at radius 1 is 1.04 bits per heavy atom. The second-order valence-corrected chi connectivity index (χ2v) is 5.76. The lowest BCUT2D eigenvalue weighted by molar-refractivity contribution is -0.116. The fraction of sp³-hybridized carbons (Fsp3) is 0.222. The predicted molar refractivity (Wildman–Crippen MR) is 92.0 cm³/mol. The molecule has 0 fully saturated rings. The molecule has 0 unspecified atom stereocenters. The maximum Gasteiger partial charge on any atom is 0.226 e. The molecule has 0 saturated heterocycles. The summed E-state index contributed by atoms with van der Waals surface area (Å²) in [5, 5.41) is 10.3. The molecule has 0 saturated carbocycles. The molecule has 2 aromatic heterocycles. The van der Waals surface area contributed by atoms with E-state index in [1.165, 1.54) is 0 Å². The molecule has 1 aromatic carbocycles. The van der Waals surface area contributed by atoms with Crippen LogP contribution < -0.4 is 5.32 Å². The number of rotatable bonds is 5. The third-order valence-corrected chi connectivity index (χ3v) is 3.77. The molecule has 3 rings (SSSR count). The number of hydrogen-bond acceptors (Lipinski definition) is 4. The Morgan fingerprint density at radius 3 is 2.54 bits per heavy atom. The van der Waals surface area contributed by atoms with Crippen molar-refractivity contribution in [1.82, 2.24) is 15.2 Å². The lowest BCUT2D eigenvalue weighted by Gasteiger charge is -2.03. The number of aryl methyl sites for hydroxylation is 2. The third-order valence-electron chi connectivity index (χ3n) is 3.77. The topological polar surface area (TPSA) is 87.7 Å². The van der Waals surface area contributed by atoms with Crippen LogP contribution >= 0.6 is 0 Å². The lowest BCUT2D eigenvalue weighted by Crippen LogP contribution is -2.14. The number of H-pyrrole nitrogens is 1. The molecule has 122 valence electrons. The van der Waals surface area contributed by atoms with Crippen molar-refractivity contribution in [3.8, 4) is 0 Å². The molecule has 0 aliphatic rings. The highest BCUT2D eigenvalue weighted by Crippen LogP contribution is 2.19. The minimum atomic E-state index is -0.246. The van der Waals surface area contributed by atoms with E-state index in [9.17, 15) is 9.59 Å². The second-order valence-electron chi connectivity index (χ2n) is 5.76. The zero-order valence-electron chi connectivity index (χ0n) is 13.6. The molecular weight excluding hydrogens is 304 g/mol. The zero-order chi connectivity index (χ0) is 17.1. The van der Waals surface area contributed by atoms with Crippen LogP contribution in [0.25, 0.3) is 11.0 Å². The number of Topliss-reactive ketones (excluding diaryl/α,β-unsaturated/α-hetero) is 1. The van der Waals surface area contributed by atoms with Crippen molar-refractivity contribution in [2.75, 3.05) is 5.32 Å². The first kappa shape index (κ1) is 15.9. The zero-order valence-corrected chi connectivity index (χ0v) is 13.6. The Bertz CT molecular complexity index is 897. The van der Waals surface area contributed by atoms with Gasteiger partial charge in [0.1, 0.15) is 0 Å². The van der Waals surface area contributed by atoms with Gasteiger partial charge >= 0.3 is 0 Å². The van der Waals surface area contributed by atoms with E-state index in [1.54, 1.807) is 12.1 Å². The van der Waals surface area contributed by atoms with Crippen LogP contribution in [-0.4, -0.2) is 26.9 Å². The smallest absolute Gasteiger partial charge is 0.226 e. The molecule has 6 heteroatoms. The number of hydrogen-bond donors (Lipinski definition) is 2. The third kappa shape index (κ3) is 3.48. The summed E-state index contributed by atoms with van der Waals surface area (Å²) in [4.78, 5) is 28.5. The number of nitrogens with zero attached hydrogens (tertiary/aromatic N) is 2. The Hall–Kier alpha value is -3.02. The number of aromatic amines is 1. The van der Waals surface area contributed by atoms with E-state index in [0.29, 0.717) is 17.0 Å². The van der Waals surface area contributed by atoms with Crippen molar-refractivity contribution in [3.63, 3.8) is 0 Å². The van der Waals surface area contributed by atoms with E-state index in [4.69, 9.17) is 0 Å². The normalized spacial score (nSPS) is 10.8. The molecule has 2 heterocycles. The molecular formula is C18H18N4O2. The number of ketones is 1. The van der Waals surface area contributed by atoms with Gasteiger partial charge in [-0.25, -0.2) is 4.98 Å². The average molecular weight is 322 g/mol. The molecule has 3 aromatic rings. The summed E-state index contributed by atoms with van der Waals surface area (Å²) < 4.78 is 0. The van der Waals surface area contributed by atoms with Crippen LogP contribution in [0, 0.1) is 13.8 Å². The molecule has 2 N–H and O–H groups in total. The molecule has 6 nitrogen and oxygen atoms in total. The van der Waals surface area contributed by atoms with E-state index < -0.39 is 0 Å². The highest BCUT2D eigenvalue weighted by molar-refractivity contribution is 6.02. The van der Waals surface area contributed by atoms with Gasteiger partial charge in [0.15, 0.2) is 17.2 Å². The highest BCUT2D eigenvalue weighted by atomic mass is 16.2. The average Bonchev–Trinajstić information content (AvgIpc) is 2.95. The number of anilines is 1. The first-order valence-corrected chi connectivity index (χ1v) is 7.74. The number of carbonyl (C=O) groups is 2. The summed E-state index contributed by atoms with van der Waals surface area (Å²) in [6.07, 6.45) is 0.273. The number of benzene rings is 1. The first-order chi connectivity index (χ1) is 11.5. The summed E-state index contributed by atoms with van der Waals surface area (Å²) in [6.45, 7) is 3.85. The summed E-state index contributed by atoms with van der Waals surface area (Å²) >= 11 is 0. The molecule has 0 aliphatic heterocycles. The van der Waals surface area contributed by atoms with Crippen LogP contribution in [0.5, 0.6) is 0 Å². The van der Waals surface area contributed by atoms with Gasteiger partial charge in [-0.05, 0) is 26.0 Å². The quantitative estimate of drug-likeness (QED) is 0.706. The maximum atomic E-state index is 12.1. The summed E-state index contributed by atoms with van der Waals surface area (Å²) in [5.74, 6) is 0.143. The number of pyridine rings is 1. The SMILES string of the molecule is Cc1ccc(C(=O)CCC(=O)Nc2n[nH]c3nc(C)ccc23)cc1. The van der Waals surface area contributed by atoms with Crippen LogP contribution in [0.3, 0.4) is 0 Å². The largest absolute Gasteiger partial charge is 0.309 e. The van der Waals surface area contributed by atoms with Gasteiger partial charge in [0.25, 0.3) is 0 Å². The minimum Gasteiger partial charge on any atom is -0.309 e. The molecule has 0 aliphatic carbocycles. The van der Waals surface area contributed by atoms with Crippen molar-refractivity contribution >= 4 is 28.5 Å². The van der Waals surface area contributed by atoms with Crippen molar-refractivity contribution in [1.29, 1.82) is 0 Å². The second kappa shape index (κ2) is 6.62. The van der Waals surface area contributed by atoms with E-state index in [0.717, 1.165) is 16.6 Å². The van der Waals surface area contributed by atoms with E-state index in [-0.39, 0.29) is 24.5 Å². The maximum absolute atomic E-state index is 12.1. The molecule has 0 radical (unpaired) electrons. The van der Waals surface area contributed by atoms with Gasteiger partial charge < -0.3 is 5.32 Å². The summed E-state index contributed by atoms with van der Waals surface area (Å²) in [5.41, 5.74) is 3.21. The fourth-order valence-corrected chi connectivity index (χ4v) is 2.40. The van der Waals surface area contributed by atoms with Gasteiger partial charge in [0.2, 0.25) is 5.91 Å². The summed E-state index contributed by atoms with van der Waals surface area (Å²) in [6, 6.07) is 11.1. The van der Waals surface area contributed by atoms with Gasteiger partial charge in [-0.15, -0.1) is 0 Å². The highest BCUT2D eigenvalue weighted by Gasteiger charge is 2.13. The van der Waals surface area contributed by atoms with Crippen molar-refractivity contribution in [2.45, 2.75) is 26.7 Å². The monoisotopic (exact) mass is 322 g/mol. The molecule has 0 spiro atoms. The number of fused-ring (bicyclic) bond motifs is 1. The van der Waals surface area contributed by atoms with Crippen LogP contribution in [-0.2, 0) is 4.79 Å². The van der Waals surface area contributed by atoms with Crippen molar-refractivity contribution in [3.05, 3.63) is 53.2 Å². The summed E-state index contributed by atoms with van der Waals surface area (Å²) in [7, 11) is 0. The van der Waals surface area contributed by atoms with Gasteiger partial charge in [-0.1, -0.05) is 29.8 Å². The van der Waals surface area contributed by atoms with Crippen molar-refractivity contribution in [2.24, 2.45) is 0 Å². The van der Waals surface area contributed by atoms with Gasteiger partial charge in [0, 0.05) is 24.1 Å². The first-order valence-electron chi connectivity index (χ1n) is 7.74. The van der Waals surface area contributed by atoms with Crippen LogP contribution in [0.15, 0.2) is 36.4 Å². The lowest BCUT2D eigenvalue weighted by atomic mass is 10.1. The molecule has 0 atom stereocenters. The van der Waals surface area contributed by atoms with Crippen molar-refractivity contribution < 1.29 is 9.59 Å². The van der Waals surface area contributed by atoms with Crippen LogP contribution in [0.4, 0.5) is 5.82 Å². The Morgan fingerprint density at radius 2 is 1.79 bits per heavy atom. The minimum absolute atomic E-state index is 0.0469. The fourth-order valence-electron chi connectivity index (χ4n) is 2.40. The van der Waals surface area contributed by atoms with E-state index in [2.05, 4.69) is 20.5 Å². The van der Waals surface area contributed by atoms with Gasteiger partial charge in [0.05, 0.1) is 5.39 Å². The number of amides is 1.